The first-order chi connectivity index (χ1) is 33.2. The van der Waals surface area contributed by atoms with Crippen LogP contribution in [0.25, 0.3) is 11.2 Å². The van der Waals surface area contributed by atoms with Crippen molar-refractivity contribution in [2.24, 2.45) is 33.2 Å². The SMILES string of the molecule is CS(=O)(=O)OCCc1ccc(Cl)cc1.Cn1c(=O)c2c(nc(Oc3cccc(C(F)(F)F)c3)n2CCc2ccc(Cl)cc2)n(C)c1=O.Cn1c2c(c(=O)n(C)c1=O)CC(Oc1cccc(C(F)(F)F)c1)=N2. The van der Waals surface area contributed by atoms with Gasteiger partial charge in [-0.3, -0.25) is 36.6 Å². The fourth-order valence-corrected chi connectivity index (χ4v) is 7.49. The second-order valence-corrected chi connectivity index (χ2v) is 18.2. The normalized spacial score (nSPS) is 12.4. The van der Waals surface area contributed by atoms with Crippen molar-refractivity contribution < 1.29 is 48.4 Å². The highest BCUT2D eigenvalue weighted by molar-refractivity contribution is 7.85. The highest BCUT2D eigenvalue weighted by Gasteiger charge is 2.32. The van der Waals surface area contributed by atoms with Gasteiger partial charge in [0.25, 0.3) is 21.2 Å². The molecule has 4 aromatic carbocycles. The Hall–Kier alpha value is -6.95. The fourth-order valence-electron chi connectivity index (χ4n) is 6.85. The van der Waals surface area contributed by atoms with Crippen molar-refractivity contribution in [3.05, 3.63) is 177 Å². The van der Waals surface area contributed by atoms with Crippen molar-refractivity contribution in [3.63, 3.8) is 0 Å². The summed E-state index contributed by atoms with van der Waals surface area (Å²) >= 11 is 11.6. The predicted molar refractivity (Wildman–Crippen MR) is 253 cm³/mol. The number of fused-ring (bicyclic) bond motifs is 2. The van der Waals surface area contributed by atoms with E-state index in [2.05, 4.69) is 14.2 Å². The van der Waals surface area contributed by atoms with E-state index in [-0.39, 0.29) is 65.5 Å². The van der Waals surface area contributed by atoms with Gasteiger partial charge in [0.15, 0.2) is 11.2 Å². The summed E-state index contributed by atoms with van der Waals surface area (Å²) in [5.74, 6) is 0.0700. The zero-order valence-corrected chi connectivity index (χ0v) is 40.3. The van der Waals surface area contributed by atoms with Crippen molar-refractivity contribution in [2.75, 3.05) is 12.9 Å². The van der Waals surface area contributed by atoms with E-state index < -0.39 is 56.1 Å². The number of aryl methyl sites for hydroxylation is 3. The quantitative estimate of drug-likeness (QED) is 0.0971. The molecular weight excluding hydrogens is 1010 g/mol. The maximum atomic E-state index is 13.1. The average Bonchev–Trinajstić information content (AvgIpc) is 3.90. The number of hydrogen-bond acceptors (Lipinski definition) is 11. The highest BCUT2D eigenvalue weighted by Crippen LogP contribution is 2.34. The number of alkyl halides is 6. The van der Waals surface area contributed by atoms with Gasteiger partial charge in [-0.25, -0.2) is 9.59 Å². The molecule has 0 spiro atoms. The minimum atomic E-state index is -4.55. The highest BCUT2D eigenvalue weighted by atomic mass is 35.5. The molecule has 7 aromatic rings. The molecule has 0 bridgehead atoms. The van der Waals surface area contributed by atoms with Gasteiger partial charge in [0.05, 0.1) is 36.0 Å². The van der Waals surface area contributed by atoms with E-state index in [1.807, 2.05) is 24.3 Å². The minimum absolute atomic E-state index is 0.00632. The van der Waals surface area contributed by atoms with E-state index >= 15 is 0 Å². The molecule has 1 aliphatic rings. The molecule has 0 aliphatic carbocycles. The van der Waals surface area contributed by atoms with Crippen molar-refractivity contribution in [2.45, 2.75) is 38.2 Å². The van der Waals surface area contributed by atoms with Gasteiger partial charge >= 0.3 is 29.7 Å². The van der Waals surface area contributed by atoms with Crippen LogP contribution in [0.2, 0.25) is 10.0 Å². The first kappa shape index (κ1) is 53.4. The number of imidazole rings is 1. The molecule has 0 saturated heterocycles. The maximum absolute atomic E-state index is 13.1. The molecule has 4 heterocycles. The number of benzene rings is 4. The Morgan fingerprint density at radius 3 is 1.66 bits per heavy atom. The first-order valence-electron chi connectivity index (χ1n) is 20.8. The lowest BCUT2D eigenvalue weighted by molar-refractivity contribution is -0.138. The molecule has 0 atom stereocenters. The van der Waals surface area contributed by atoms with Gasteiger partial charge in [0, 0.05) is 44.8 Å². The monoisotopic (exact) mass is 1050 g/mol. The van der Waals surface area contributed by atoms with Crippen LogP contribution in [0.3, 0.4) is 0 Å². The molecule has 0 amide bonds. The molecule has 0 N–H and O–H groups in total. The van der Waals surface area contributed by atoms with E-state index in [4.69, 9.17) is 32.7 Å². The van der Waals surface area contributed by atoms with Crippen LogP contribution in [-0.2, 0) is 80.7 Å². The number of ether oxygens (including phenoxy) is 2. The minimum Gasteiger partial charge on any atom is -0.443 e. The molecule has 0 fully saturated rings. The lowest BCUT2D eigenvalue weighted by atomic mass is 10.1. The van der Waals surface area contributed by atoms with Crippen LogP contribution in [0.15, 0.2) is 121 Å². The number of aliphatic imine (C=N–C) groups is 1. The number of halogens is 8. The largest absolute Gasteiger partial charge is 0.443 e. The Labute approximate surface area is 409 Å². The summed E-state index contributed by atoms with van der Waals surface area (Å²) < 4.78 is 120. The molecule has 8 rings (SSSR count). The molecule has 25 heteroatoms. The van der Waals surface area contributed by atoms with Crippen LogP contribution in [0.5, 0.6) is 17.5 Å². The smallest absolute Gasteiger partial charge is 0.416 e. The van der Waals surface area contributed by atoms with Gasteiger partial charge in [-0.15, -0.1) is 0 Å². The van der Waals surface area contributed by atoms with Gasteiger partial charge in [0.2, 0.25) is 5.90 Å². The third kappa shape index (κ3) is 13.3. The summed E-state index contributed by atoms with van der Waals surface area (Å²) in [6.45, 7) is 0.389. The summed E-state index contributed by atoms with van der Waals surface area (Å²) in [5.41, 5.74) is -1.59. The molecule has 376 valence electrons. The van der Waals surface area contributed by atoms with E-state index in [1.165, 1.54) is 66.2 Å². The third-order valence-corrected chi connectivity index (χ3v) is 11.6. The van der Waals surface area contributed by atoms with Crippen molar-refractivity contribution in [1.82, 2.24) is 27.8 Å². The fraction of sp³-hybridized carbons (Fsp3) is 0.261. The van der Waals surface area contributed by atoms with Crippen LogP contribution in [0.4, 0.5) is 32.2 Å². The second kappa shape index (κ2) is 21.6. The van der Waals surface area contributed by atoms with E-state index in [0.29, 0.717) is 22.9 Å². The van der Waals surface area contributed by atoms with Gasteiger partial charge in [-0.1, -0.05) is 59.6 Å². The molecule has 71 heavy (non-hydrogen) atoms. The zero-order valence-electron chi connectivity index (χ0n) is 38.0. The van der Waals surface area contributed by atoms with E-state index in [1.54, 1.807) is 24.3 Å². The number of hydrogen-bond donors (Lipinski definition) is 0. The van der Waals surface area contributed by atoms with Crippen LogP contribution < -0.4 is 32.0 Å². The topological polar surface area (TPSA) is 180 Å². The third-order valence-electron chi connectivity index (χ3n) is 10.5. The maximum Gasteiger partial charge on any atom is 0.416 e. The molecule has 0 saturated carbocycles. The number of nitrogens with zero attached hydrogens (tertiary/aromatic N) is 7. The Morgan fingerprint density at radius 2 is 1.14 bits per heavy atom. The van der Waals surface area contributed by atoms with Crippen molar-refractivity contribution in [1.29, 1.82) is 0 Å². The second-order valence-electron chi connectivity index (χ2n) is 15.6. The van der Waals surface area contributed by atoms with Crippen LogP contribution in [0, 0.1) is 0 Å². The van der Waals surface area contributed by atoms with Gasteiger partial charge in [-0.05, 0) is 84.6 Å². The number of aromatic nitrogens is 6. The zero-order chi connectivity index (χ0) is 52.2. The van der Waals surface area contributed by atoms with Gasteiger partial charge in [0.1, 0.15) is 17.3 Å². The molecule has 0 unspecified atom stereocenters. The van der Waals surface area contributed by atoms with Gasteiger partial charge < -0.3 is 9.47 Å². The Bertz CT molecular complexity index is 3500. The van der Waals surface area contributed by atoms with Crippen LogP contribution in [0.1, 0.15) is 27.8 Å². The molecule has 3 aromatic heterocycles. The lowest BCUT2D eigenvalue weighted by Gasteiger charge is -2.12. The molecule has 1 aliphatic heterocycles. The van der Waals surface area contributed by atoms with E-state index in [0.717, 1.165) is 50.8 Å². The lowest BCUT2D eigenvalue weighted by Crippen LogP contribution is -2.38. The summed E-state index contributed by atoms with van der Waals surface area (Å²) in [6.07, 6.45) is -6.98. The summed E-state index contributed by atoms with van der Waals surface area (Å²) in [7, 11) is 2.27. The molecular formula is C46H41Cl2F6N7O9S. The van der Waals surface area contributed by atoms with E-state index in [9.17, 15) is 53.9 Å². The Morgan fingerprint density at radius 1 is 0.648 bits per heavy atom. The summed E-state index contributed by atoms with van der Waals surface area (Å²) in [5, 5.41) is 1.24. The van der Waals surface area contributed by atoms with Gasteiger partial charge in [-0.2, -0.15) is 44.7 Å². The Balaban J connectivity index is 0.000000190. The van der Waals surface area contributed by atoms with Crippen LogP contribution in [-0.4, -0.2) is 55.0 Å². The number of rotatable bonds is 10. The Kier molecular flexibility index (Phi) is 16.2. The summed E-state index contributed by atoms with van der Waals surface area (Å²) in [6, 6.07) is 22.9. The van der Waals surface area contributed by atoms with Crippen molar-refractivity contribution in [3.8, 4) is 17.5 Å². The van der Waals surface area contributed by atoms with Crippen LogP contribution >= 0.6 is 23.2 Å². The first-order valence-corrected chi connectivity index (χ1v) is 23.3. The predicted octanol–water partition coefficient (Wildman–Crippen LogP) is 7.77. The van der Waals surface area contributed by atoms with Crippen molar-refractivity contribution >= 4 is 56.2 Å². The molecule has 0 radical (unpaired) electrons. The standard InChI is InChI=1S/C22H18ClF3N4O3.C15H12F3N3O3.C9H11ClO3S/c1-28-18-17(19(31)29(2)21(28)32)30(11-10-13-6-8-15(23)9-7-13)20(27-18)33-16-5-3-4-14(12-16)22(24,25)26;1-20-12-10(13(22)21(2)14(20)23)7-11(19-12)24-9-5-3-4-8(6-9)15(16,17)18;1-14(11,12)13-7-6-8-2-4-9(10)5-3-8/h3-9,12H,10-11H2,1-2H3;3-6H,7H2,1-2H3;2-5H,6-7H2,1H3. The molecule has 16 nitrogen and oxygen atoms in total. The average molecular weight is 1050 g/mol. The summed E-state index contributed by atoms with van der Waals surface area (Å²) in [4.78, 5) is 57.5.